The van der Waals surface area contributed by atoms with Crippen LogP contribution >= 0.6 is 11.6 Å². The van der Waals surface area contributed by atoms with Crippen molar-refractivity contribution in [2.75, 3.05) is 59.8 Å². The largest absolute Gasteiger partial charge is 0.493 e. The van der Waals surface area contributed by atoms with Gasteiger partial charge in [0.25, 0.3) is 0 Å². The zero-order chi connectivity index (χ0) is 28.2. The number of pyridine rings is 1. The Morgan fingerprint density at radius 1 is 1.12 bits per heavy atom. The van der Waals surface area contributed by atoms with Crippen LogP contribution in [0.1, 0.15) is 31.2 Å². The van der Waals surface area contributed by atoms with Gasteiger partial charge in [0.1, 0.15) is 17.3 Å². The Balaban J connectivity index is 1.07. The molecular weight excluding hydrogens is 544 g/mol. The molecule has 9 heteroatoms. The predicted molar refractivity (Wildman–Crippen MR) is 156 cm³/mol. The third-order valence-electron chi connectivity index (χ3n) is 8.38. The highest BCUT2D eigenvalue weighted by molar-refractivity contribution is 6.31. The summed E-state index contributed by atoms with van der Waals surface area (Å²) in [7, 11) is 1.63. The number of fused-ring (bicyclic) bond motifs is 1. The van der Waals surface area contributed by atoms with Crippen LogP contribution in [-0.4, -0.2) is 75.4 Å². The number of carbonyl (C=O) groups is 1. The lowest BCUT2D eigenvalue weighted by Gasteiger charge is -2.37. The van der Waals surface area contributed by atoms with Crippen LogP contribution < -0.4 is 14.2 Å². The van der Waals surface area contributed by atoms with Gasteiger partial charge in [-0.1, -0.05) is 17.7 Å². The fourth-order valence-corrected chi connectivity index (χ4v) is 6.02. The molecule has 0 bridgehead atoms. The van der Waals surface area contributed by atoms with Crippen LogP contribution in [0, 0.1) is 11.3 Å². The summed E-state index contributed by atoms with van der Waals surface area (Å²) >= 11 is 6.54. The second-order valence-electron chi connectivity index (χ2n) is 11.6. The molecule has 3 aliphatic rings. The van der Waals surface area contributed by atoms with Crippen LogP contribution in [0.15, 0.2) is 42.6 Å². The standard InChI is InChI=1S/C32H37ClN2O6/c1-37-30-15-26-28(16-31(30)40-12-2-10-35-11-8-32(19-35)20-39-21-32)34-9-7-29(26)41-25-6-4-23(27(33)14-25)13-24(36)5-3-22-17-38-18-22/h4,6-7,9,14-16,22H,2-3,5,8,10-13,17-21H2,1H3. The molecule has 0 amide bonds. The predicted octanol–water partition coefficient (Wildman–Crippen LogP) is 5.72. The Kier molecular flexibility index (Phi) is 8.63. The lowest BCUT2D eigenvalue weighted by Crippen LogP contribution is -2.44. The molecule has 1 spiro atoms. The Morgan fingerprint density at radius 3 is 2.71 bits per heavy atom. The molecule has 41 heavy (non-hydrogen) atoms. The molecule has 2 aromatic carbocycles. The number of rotatable bonds is 13. The van der Waals surface area contributed by atoms with E-state index in [1.165, 1.54) is 6.42 Å². The van der Waals surface area contributed by atoms with E-state index in [9.17, 15) is 4.79 Å². The zero-order valence-corrected chi connectivity index (χ0v) is 24.3. The van der Waals surface area contributed by atoms with E-state index in [4.69, 9.17) is 35.3 Å². The maximum absolute atomic E-state index is 12.4. The molecule has 3 fully saturated rings. The summed E-state index contributed by atoms with van der Waals surface area (Å²) in [5.74, 6) is 3.20. The summed E-state index contributed by atoms with van der Waals surface area (Å²) in [5, 5.41) is 1.32. The SMILES string of the molecule is COc1cc2c(Oc3ccc(CC(=O)CCC4COC4)c(Cl)c3)ccnc2cc1OCCCN1CCC2(COC2)C1. The van der Waals surface area contributed by atoms with Crippen molar-refractivity contribution in [3.63, 3.8) is 0 Å². The van der Waals surface area contributed by atoms with Gasteiger partial charge >= 0.3 is 0 Å². The van der Waals surface area contributed by atoms with Crippen LogP contribution in [0.4, 0.5) is 0 Å². The van der Waals surface area contributed by atoms with Crippen molar-refractivity contribution in [3.8, 4) is 23.0 Å². The lowest BCUT2D eigenvalue weighted by molar-refractivity contribution is -0.119. The molecular formula is C32H37ClN2O6. The van der Waals surface area contributed by atoms with Gasteiger partial charge in [-0.15, -0.1) is 0 Å². The minimum atomic E-state index is 0.186. The molecule has 3 saturated heterocycles. The summed E-state index contributed by atoms with van der Waals surface area (Å²) < 4.78 is 28.7. The van der Waals surface area contributed by atoms with Gasteiger partial charge in [0, 0.05) is 59.9 Å². The Morgan fingerprint density at radius 2 is 2.00 bits per heavy atom. The van der Waals surface area contributed by atoms with Crippen molar-refractivity contribution in [1.82, 2.24) is 9.88 Å². The molecule has 3 aliphatic heterocycles. The number of likely N-dealkylation sites (tertiary alicyclic amines) is 1. The molecule has 0 atom stereocenters. The molecule has 1 aromatic heterocycles. The van der Waals surface area contributed by atoms with Crippen LogP contribution in [-0.2, 0) is 20.7 Å². The van der Waals surface area contributed by atoms with Gasteiger partial charge in [0.2, 0.25) is 0 Å². The molecule has 218 valence electrons. The number of carbonyl (C=O) groups excluding carboxylic acids is 1. The van der Waals surface area contributed by atoms with Crippen LogP contribution in [0.3, 0.4) is 0 Å². The minimum absolute atomic E-state index is 0.186. The van der Waals surface area contributed by atoms with E-state index in [-0.39, 0.29) is 5.78 Å². The summed E-state index contributed by atoms with van der Waals surface area (Å²) in [5.41, 5.74) is 1.96. The fraction of sp³-hybridized carbons (Fsp3) is 0.500. The molecule has 8 nitrogen and oxygen atoms in total. The van der Waals surface area contributed by atoms with E-state index in [0.29, 0.717) is 58.8 Å². The number of halogens is 1. The number of methoxy groups -OCH3 is 1. The third kappa shape index (κ3) is 6.61. The van der Waals surface area contributed by atoms with Crippen LogP contribution in [0.5, 0.6) is 23.0 Å². The molecule has 3 aromatic rings. The van der Waals surface area contributed by atoms with Crippen molar-refractivity contribution in [2.45, 2.75) is 32.1 Å². The first kappa shape index (κ1) is 28.2. The van der Waals surface area contributed by atoms with Crippen molar-refractivity contribution < 1.29 is 28.5 Å². The topological polar surface area (TPSA) is 79.4 Å². The summed E-state index contributed by atoms with van der Waals surface area (Å²) in [6.07, 6.45) is 5.62. The Bertz CT molecular complexity index is 1390. The van der Waals surface area contributed by atoms with Gasteiger partial charge in [-0.05, 0) is 55.6 Å². The second kappa shape index (κ2) is 12.5. The van der Waals surface area contributed by atoms with E-state index in [0.717, 1.165) is 75.4 Å². The molecule has 0 saturated carbocycles. The van der Waals surface area contributed by atoms with E-state index in [1.807, 2.05) is 30.3 Å². The van der Waals surface area contributed by atoms with Crippen molar-refractivity contribution in [3.05, 3.63) is 53.2 Å². The normalized spacial score (nSPS) is 18.3. The number of nitrogens with zero attached hydrogens (tertiary/aromatic N) is 2. The number of aromatic nitrogens is 1. The monoisotopic (exact) mass is 580 g/mol. The molecule has 0 unspecified atom stereocenters. The number of ketones is 1. The van der Waals surface area contributed by atoms with Crippen molar-refractivity contribution in [1.29, 1.82) is 0 Å². The first-order chi connectivity index (χ1) is 20.0. The number of Topliss-reactive ketones (excluding diaryl/α,β-unsaturated/α-hetero) is 1. The van der Waals surface area contributed by atoms with Gasteiger partial charge < -0.3 is 28.6 Å². The molecule has 4 heterocycles. The maximum Gasteiger partial charge on any atom is 0.163 e. The van der Waals surface area contributed by atoms with Gasteiger partial charge in [-0.25, -0.2) is 0 Å². The van der Waals surface area contributed by atoms with Gasteiger partial charge in [0.15, 0.2) is 11.5 Å². The van der Waals surface area contributed by atoms with E-state index in [2.05, 4.69) is 9.88 Å². The zero-order valence-electron chi connectivity index (χ0n) is 23.5. The highest BCUT2D eigenvalue weighted by Crippen LogP contribution is 2.39. The fourth-order valence-electron chi connectivity index (χ4n) is 5.78. The first-order valence-electron chi connectivity index (χ1n) is 14.5. The van der Waals surface area contributed by atoms with E-state index >= 15 is 0 Å². The van der Waals surface area contributed by atoms with Gasteiger partial charge in [-0.2, -0.15) is 0 Å². The van der Waals surface area contributed by atoms with Crippen molar-refractivity contribution >= 4 is 28.3 Å². The molecule has 6 rings (SSSR count). The molecule has 0 radical (unpaired) electrons. The van der Waals surface area contributed by atoms with Gasteiger partial charge in [0.05, 0.1) is 45.7 Å². The number of ether oxygens (including phenoxy) is 5. The maximum atomic E-state index is 12.4. The third-order valence-corrected chi connectivity index (χ3v) is 8.73. The van der Waals surface area contributed by atoms with E-state index < -0.39 is 0 Å². The number of benzene rings is 2. The average Bonchev–Trinajstić information content (AvgIpc) is 3.37. The van der Waals surface area contributed by atoms with Crippen LogP contribution in [0.2, 0.25) is 5.02 Å². The molecule has 0 aliphatic carbocycles. The Labute approximate surface area is 245 Å². The van der Waals surface area contributed by atoms with Crippen LogP contribution in [0.25, 0.3) is 10.9 Å². The highest BCUT2D eigenvalue weighted by Gasteiger charge is 2.43. The molecule has 0 N–H and O–H groups in total. The summed E-state index contributed by atoms with van der Waals surface area (Å²) in [6, 6.07) is 11.1. The smallest absolute Gasteiger partial charge is 0.163 e. The minimum Gasteiger partial charge on any atom is -0.493 e. The second-order valence-corrected chi connectivity index (χ2v) is 12.0. The number of hydrogen-bond acceptors (Lipinski definition) is 8. The summed E-state index contributed by atoms with van der Waals surface area (Å²) in [6.45, 7) is 7.21. The quantitative estimate of drug-likeness (QED) is 0.238. The first-order valence-corrected chi connectivity index (χ1v) is 14.8. The highest BCUT2D eigenvalue weighted by atomic mass is 35.5. The van der Waals surface area contributed by atoms with Gasteiger partial charge in [-0.3, -0.25) is 9.78 Å². The lowest BCUT2D eigenvalue weighted by atomic mass is 9.85. The summed E-state index contributed by atoms with van der Waals surface area (Å²) in [4.78, 5) is 19.5. The Hall–Kier alpha value is -2.91. The van der Waals surface area contributed by atoms with E-state index in [1.54, 1.807) is 19.4 Å². The average molecular weight is 581 g/mol. The van der Waals surface area contributed by atoms with Crippen molar-refractivity contribution in [2.24, 2.45) is 11.3 Å². The number of hydrogen-bond donors (Lipinski definition) is 0.